The van der Waals surface area contributed by atoms with Crippen LogP contribution in [0.2, 0.25) is 0 Å². The second-order valence-corrected chi connectivity index (χ2v) is 5.61. The van der Waals surface area contributed by atoms with E-state index in [-0.39, 0.29) is 17.6 Å². The number of carbonyl (C=O) groups is 1. The molecule has 0 bridgehead atoms. The number of ether oxygens (including phenoxy) is 2. The lowest BCUT2D eigenvalue weighted by molar-refractivity contribution is -0.0884. The van der Waals surface area contributed by atoms with Crippen molar-refractivity contribution in [2.24, 2.45) is 0 Å². The molecule has 0 spiro atoms. The zero-order valence-corrected chi connectivity index (χ0v) is 13.9. The topological polar surface area (TPSA) is 40.5 Å². The molecule has 3 aromatic rings. The molecule has 0 aliphatic heterocycles. The average Bonchev–Trinajstić information content (AvgIpc) is 2.99. The number of nitrogens with zero attached hydrogens (tertiary/aromatic N) is 1. The van der Waals surface area contributed by atoms with Crippen LogP contribution in [-0.4, -0.2) is 30.2 Å². The molecule has 3 rings (SSSR count). The van der Waals surface area contributed by atoms with Crippen molar-refractivity contribution >= 4 is 16.7 Å². The zero-order valence-electron chi connectivity index (χ0n) is 13.9. The molecular weight excluding hydrogens is 347 g/mol. The Balaban J connectivity index is 1.81. The van der Waals surface area contributed by atoms with E-state index in [0.717, 1.165) is 0 Å². The Morgan fingerprint density at radius 1 is 1.08 bits per heavy atom. The summed E-state index contributed by atoms with van der Waals surface area (Å²) in [6.07, 6.45) is -3.68. The number of hydrogen-bond donors (Lipinski definition) is 0. The summed E-state index contributed by atoms with van der Waals surface area (Å²) in [6.45, 7) is 0.522. The number of fused-ring (bicyclic) bond motifs is 1. The molecule has 0 aliphatic rings. The number of ketones is 1. The van der Waals surface area contributed by atoms with Gasteiger partial charge in [-0.2, -0.15) is 13.2 Å². The number of hydrogen-bond acceptors (Lipinski definition) is 3. The van der Waals surface area contributed by atoms with E-state index < -0.39 is 12.0 Å². The van der Waals surface area contributed by atoms with Crippen LogP contribution in [-0.2, 0) is 6.54 Å². The van der Waals surface area contributed by atoms with Crippen LogP contribution in [0, 0.1) is 0 Å². The molecule has 0 atom stereocenters. The summed E-state index contributed by atoms with van der Waals surface area (Å²) in [6, 6.07) is 13.5. The maximum Gasteiger partial charge on any atom is 0.454 e. The minimum atomic E-state index is -4.91. The number of benzene rings is 2. The molecule has 0 unspecified atom stereocenters. The van der Waals surface area contributed by atoms with E-state index in [1.807, 2.05) is 0 Å². The van der Waals surface area contributed by atoms with Crippen molar-refractivity contribution < 1.29 is 27.4 Å². The van der Waals surface area contributed by atoms with E-state index in [9.17, 15) is 18.0 Å². The quantitative estimate of drug-likeness (QED) is 0.607. The monoisotopic (exact) mass is 363 g/mol. The van der Waals surface area contributed by atoms with Crippen LogP contribution in [0.25, 0.3) is 10.9 Å². The van der Waals surface area contributed by atoms with Gasteiger partial charge in [0.05, 0.1) is 19.2 Å². The van der Waals surface area contributed by atoms with Gasteiger partial charge in [-0.15, -0.1) is 0 Å². The van der Waals surface area contributed by atoms with E-state index in [2.05, 4.69) is 0 Å². The number of halogens is 3. The Morgan fingerprint density at radius 3 is 2.54 bits per heavy atom. The fourth-order valence-corrected chi connectivity index (χ4v) is 2.72. The van der Waals surface area contributed by atoms with Crippen LogP contribution in [0.15, 0.2) is 54.7 Å². The van der Waals surface area contributed by atoms with Gasteiger partial charge in [-0.1, -0.05) is 24.3 Å². The summed E-state index contributed by atoms with van der Waals surface area (Å²) in [5, 5.41) is 0.274. The first kappa shape index (κ1) is 17.8. The van der Waals surface area contributed by atoms with Gasteiger partial charge in [0.25, 0.3) is 5.78 Å². The third-order valence-corrected chi connectivity index (χ3v) is 3.93. The van der Waals surface area contributed by atoms with E-state index >= 15 is 0 Å². The van der Waals surface area contributed by atoms with Crippen molar-refractivity contribution in [2.45, 2.75) is 12.7 Å². The highest BCUT2D eigenvalue weighted by atomic mass is 19.4. The molecule has 0 radical (unpaired) electrons. The maximum absolute atomic E-state index is 12.8. The summed E-state index contributed by atoms with van der Waals surface area (Å²) >= 11 is 0. The molecule has 1 heterocycles. The predicted octanol–water partition coefficient (Wildman–Crippen LogP) is 4.47. The molecule has 2 aromatic carbocycles. The lowest BCUT2D eigenvalue weighted by Crippen LogP contribution is -2.22. The molecule has 136 valence electrons. The number of carbonyl (C=O) groups excluding carboxylic acids is 1. The lowest BCUT2D eigenvalue weighted by Gasteiger charge is -2.09. The highest BCUT2D eigenvalue weighted by Gasteiger charge is 2.40. The third-order valence-electron chi connectivity index (χ3n) is 3.93. The van der Waals surface area contributed by atoms with Crippen molar-refractivity contribution in [1.82, 2.24) is 4.57 Å². The summed E-state index contributed by atoms with van der Waals surface area (Å²) in [5.41, 5.74) is 0.198. The van der Waals surface area contributed by atoms with E-state index in [0.29, 0.717) is 23.6 Å². The number of rotatable bonds is 6. The minimum Gasteiger partial charge on any atom is -0.497 e. The highest BCUT2D eigenvalue weighted by molar-refractivity contribution is 6.10. The third kappa shape index (κ3) is 3.66. The summed E-state index contributed by atoms with van der Waals surface area (Å²) in [7, 11) is 1.55. The Bertz CT molecular complexity index is 931. The van der Waals surface area contributed by atoms with Gasteiger partial charge >= 0.3 is 6.18 Å². The summed E-state index contributed by atoms with van der Waals surface area (Å²) in [4.78, 5) is 11.7. The fourth-order valence-electron chi connectivity index (χ4n) is 2.72. The van der Waals surface area contributed by atoms with Gasteiger partial charge in [-0.25, -0.2) is 0 Å². The van der Waals surface area contributed by atoms with Crippen LogP contribution < -0.4 is 9.47 Å². The number of methoxy groups -OCH3 is 1. The molecule has 4 nitrogen and oxygen atoms in total. The fraction of sp³-hybridized carbons (Fsp3) is 0.211. The van der Waals surface area contributed by atoms with Crippen molar-refractivity contribution in [3.8, 4) is 11.5 Å². The molecule has 1 aromatic heterocycles. The van der Waals surface area contributed by atoms with Gasteiger partial charge in [0, 0.05) is 23.2 Å². The van der Waals surface area contributed by atoms with Crippen LogP contribution in [0.3, 0.4) is 0 Å². The second-order valence-electron chi connectivity index (χ2n) is 5.61. The molecule has 0 amide bonds. The average molecular weight is 363 g/mol. The lowest BCUT2D eigenvalue weighted by atomic mass is 10.1. The second kappa shape index (κ2) is 7.11. The first-order valence-corrected chi connectivity index (χ1v) is 7.86. The van der Waals surface area contributed by atoms with Gasteiger partial charge in [0.15, 0.2) is 0 Å². The number of Topliss-reactive ketones (excluding diaryl/α,β-unsaturated/α-hetero) is 1. The molecule has 26 heavy (non-hydrogen) atoms. The predicted molar refractivity (Wildman–Crippen MR) is 90.8 cm³/mol. The van der Waals surface area contributed by atoms with Crippen molar-refractivity contribution in [3.05, 3.63) is 60.3 Å². The maximum atomic E-state index is 12.8. The number of alkyl halides is 3. The minimum absolute atomic E-state index is 0.228. The molecule has 0 N–H and O–H groups in total. The first-order chi connectivity index (χ1) is 12.4. The highest BCUT2D eigenvalue weighted by Crippen LogP contribution is 2.28. The Morgan fingerprint density at radius 2 is 1.81 bits per heavy atom. The summed E-state index contributed by atoms with van der Waals surface area (Å²) in [5.74, 6) is -0.611. The number of para-hydroxylation sites is 1. The van der Waals surface area contributed by atoms with Gasteiger partial charge in [0.1, 0.15) is 18.1 Å². The van der Waals surface area contributed by atoms with Crippen molar-refractivity contribution in [3.63, 3.8) is 0 Å². The SMILES string of the molecule is COc1cccc(OCCn2cc(C(=O)C(F)(F)F)c3ccccc32)c1. The molecule has 0 saturated heterocycles. The standard InChI is InChI=1S/C19H16F3NO3/c1-25-13-5-4-6-14(11-13)26-10-9-23-12-16(18(24)19(20,21)22)15-7-2-3-8-17(15)23/h2-8,11-12H,9-10H2,1H3. The largest absolute Gasteiger partial charge is 0.497 e. The van der Waals surface area contributed by atoms with E-state index in [4.69, 9.17) is 9.47 Å². The molecular formula is C19H16F3NO3. The Kier molecular flexibility index (Phi) is 4.88. The van der Waals surface area contributed by atoms with Crippen LogP contribution in [0.5, 0.6) is 11.5 Å². The molecule has 0 saturated carbocycles. The van der Waals surface area contributed by atoms with Crippen LogP contribution in [0.1, 0.15) is 10.4 Å². The van der Waals surface area contributed by atoms with Gasteiger partial charge in [0.2, 0.25) is 0 Å². The zero-order chi connectivity index (χ0) is 18.7. The molecule has 0 fully saturated rings. The Hall–Kier alpha value is -2.96. The van der Waals surface area contributed by atoms with Gasteiger partial charge in [-0.3, -0.25) is 4.79 Å². The van der Waals surface area contributed by atoms with Crippen LogP contribution >= 0.6 is 0 Å². The van der Waals surface area contributed by atoms with Crippen molar-refractivity contribution in [1.29, 1.82) is 0 Å². The van der Waals surface area contributed by atoms with E-state index in [1.165, 1.54) is 12.3 Å². The van der Waals surface area contributed by atoms with Gasteiger partial charge in [-0.05, 0) is 18.2 Å². The van der Waals surface area contributed by atoms with Crippen molar-refractivity contribution in [2.75, 3.05) is 13.7 Å². The summed E-state index contributed by atoms with van der Waals surface area (Å²) < 4.78 is 50.8. The van der Waals surface area contributed by atoms with E-state index in [1.54, 1.807) is 54.1 Å². The first-order valence-electron chi connectivity index (χ1n) is 7.86. The van der Waals surface area contributed by atoms with Gasteiger partial charge < -0.3 is 14.0 Å². The smallest absolute Gasteiger partial charge is 0.454 e. The molecule has 0 aliphatic carbocycles. The molecule has 7 heteroatoms. The Labute approximate surface area is 147 Å². The van der Waals surface area contributed by atoms with Crippen LogP contribution in [0.4, 0.5) is 13.2 Å². The number of aromatic nitrogens is 1. The normalized spacial score (nSPS) is 11.5.